The highest BCUT2D eigenvalue weighted by Crippen LogP contribution is 2.57. The Morgan fingerprint density at radius 3 is 2.27 bits per heavy atom. The van der Waals surface area contributed by atoms with Crippen LogP contribution in [-0.2, 0) is 0 Å². The van der Waals surface area contributed by atoms with Gasteiger partial charge in [-0.25, -0.2) is 0 Å². The van der Waals surface area contributed by atoms with E-state index in [4.69, 9.17) is 12.2 Å². The summed E-state index contributed by atoms with van der Waals surface area (Å²) in [6.45, 7) is 2.12. The molecular formula is C19H26N2S. The van der Waals surface area contributed by atoms with E-state index in [1.54, 1.807) is 0 Å². The van der Waals surface area contributed by atoms with E-state index in [0.29, 0.717) is 5.54 Å². The molecule has 1 aromatic carbocycles. The summed E-state index contributed by atoms with van der Waals surface area (Å²) >= 11 is 5.75. The first-order valence-corrected chi connectivity index (χ1v) is 9.06. The molecule has 0 heterocycles. The van der Waals surface area contributed by atoms with Crippen molar-refractivity contribution in [2.24, 2.45) is 17.8 Å². The third-order valence-corrected chi connectivity index (χ3v) is 6.67. The molecule has 0 spiro atoms. The van der Waals surface area contributed by atoms with Crippen molar-refractivity contribution in [2.45, 2.75) is 51.0 Å². The fourth-order valence-corrected chi connectivity index (χ4v) is 5.93. The van der Waals surface area contributed by atoms with E-state index in [9.17, 15) is 0 Å². The lowest BCUT2D eigenvalue weighted by Gasteiger charge is -2.60. The van der Waals surface area contributed by atoms with Gasteiger partial charge in [-0.05, 0) is 93.1 Å². The quantitative estimate of drug-likeness (QED) is 0.804. The summed E-state index contributed by atoms with van der Waals surface area (Å²) in [6.07, 6.45) is 8.49. The second kappa shape index (κ2) is 5.23. The number of anilines is 1. The van der Waals surface area contributed by atoms with Gasteiger partial charge in [0.25, 0.3) is 0 Å². The molecule has 4 bridgehead atoms. The van der Waals surface area contributed by atoms with Crippen molar-refractivity contribution in [2.75, 3.05) is 12.4 Å². The third-order valence-electron chi connectivity index (χ3n) is 6.29. The summed E-state index contributed by atoms with van der Waals surface area (Å²) in [7, 11) is 2.22. The van der Waals surface area contributed by atoms with Gasteiger partial charge in [0.15, 0.2) is 5.11 Å². The first-order valence-electron chi connectivity index (χ1n) is 8.65. The van der Waals surface area contributed by atoms with Crippen LogP contribution in [0.5, 0.6) is 0 Å². The molecule has 0 unspecified atom stereocenters. The molecule has 4 fully saturated rings. The van der Waals surface area contributed by atoms with Gasteiger partial charge in [-0.15, -0.1) is 0 Å². The first-order chi connectivity index (χ1) is 10.5. The number of benzene rings is 1. The highest BCUT2D eigenvalue weighted by molar-refractivity contribution is 7.80. The van der Waals surface area contributed by atoms with Crippen LogP contribution in [0, 0.1) is 24.7 Å². The Balaban J connectivity index is 1.51. The minimum atomic E-state index is 0.336. The lowest BCUT2D eigenvalue weighted by Crippen LogP contribution is -2.60. The summed E-state index contributed by atoms with van der Waals surface area (Å²) < 4.78 is 0. The minimum absolute atomic E-state index is 0.336. The number of hydrogen-bond acceptors (Lipinski definition) is 1. The molecule has 0 radical (unpaired) electrons. The summed E-state index contributed by atoms with van der Waals surface area (Å²) in [6, 6.07) is 8.48. The molecular weight excluding hydrogens is 288 g/mol. The van der Waals surface area contributed by atoms with Crippen LogP contribution in [0.2, 0.25) is 0 Å². The van der Waals surface area contributed by atoms with Crippen molar-refractivity contribution in [3.63, 3.8) is 0 Å². The zero-order valence-electron chi connectivity index (χ0n) is 13.6. The highest BCUT2D eigenvalue weighted by atomic mass is 32.1. The Kier molecular flexibility index (Phi) is 3.44. The first kappa shape index (κ1) is 14.5. The molecule has 0 amide bonds. The largest absolute Gasteiger partial charge is 0.346 e. The molecule has 4 aliphatic carbocycles. The van der Waals surface area contributed by atoms with Crippen LogP contribution < -0.4 is 5.32 Å². The molecule has 1 N–H and O–H groups in total. The van der Waals surface area contributed by atoms with Gasteiger partial charge in [-0.3, -0.25) is 0 Å². The van der Waals surface area contributed by atoms with Crippen molar-refractivity contribution in [1.29, 1.82) is 0 Å². The van der Waals surface area contributed by atoms with Gasteiger partial charge in [-0.2, -0.15) is 0 Å². The van der Waals surface area contributed by atoms with E-state index in [1.165, 1.54) is 44.1 Å². The molecule has 0 atom stereocenters. The van der Waals surface area contributed by atoms with Crippen LogP contribution in [0.4, 0.5) is 5.69 Å². The molecule has 0 aliphatic heterocycles. The van der Waals surface area contributed by atoms with Gasteiger partial charge in [0.1, 0.15) is 0 Å². The number of hydrogen-bond donors (Lipinski definition) is 1. The van der Waals surface area contributed by atoms with Crippen LogP contribution in [0.1, 0.15) is 44.1 Å². The average molecular weight is 314 g/mol. The van der Waals surface area contributed by atoms with Gasteiger partial charge >= 0.3 is 0 Å². The number of aryl methyl sites for hydroxylation is 1. The standard InChI is InChI=1S/C19H26N2S/c1-13-4-3-5-17(6-13)20-18(22)21(2)19-10-14-7-15(11-19)9-16(8-14)12-19/h3-6,14-16H,7-12H2,1-2H3,(H,20,22). The van der Waals surface area contributed by atoms with E-state index >= 15 is 0 Å². The highest BCUT2D eigenvalue weighted by Gasteiger charge is 2.53. The lowest BCUT2D eigenvalue weighted by atomic mass is 9.52. The molecule has 1 aromatic rings. The second-order valence-corrected chi connectivity index (χ2v) is 8.39. The Hall–Kier alpha value is -1.09. The monoisotopic (exact) mass is 314 g/mol. The summed E-state index contributed by atoms with van der Waals surface area (Å²) in [4.78, 5) is 2.41. The summed E-state index contributed by atoms with van der Waals surface area (Å²) in [5.41, 5.74) is 2.72. The molecule has 5 rings (SSSR count). The Bertz CT molecular complexity index is 560. The molecule has 0 aromatic heterocycles. The second-order valence-electron chi connectivity index (χ2n) is 8.00. The predicted octanol–water partition coefficient (Wildman–Crippen LogP) is 4.59. The van der Waals surface area contributed by atoms with Gasteiger partial charge in [0.05, 0.1) is 0 Å². The normalized spacial score (nSPS) is 35.5. The van der Waals surface area contributed by atoms with E-state index in [-0.39, 0.29) is 0 Å². The Labute approximate surface area is 139 Å². The zero-order valence-corrected chi connectivity index (χ0v) is 14.5. The fraction of sp³-hybridized carbons (Fsp3) is 0.632. The van der Waals surface area contributed by atoms with Crippen molar-refractivity contribution >= 4 is 23.0 Å². The summed E-state index contributed by atoms with van der Waals surface area (Å²) in [5.74, 6) is 2.86. The van der Waals surface area contributed by atoms with Crippen molar-refractivity contribution < 1.29 is 0 Å². The van der Waals surface area contributed by atoms with Crippen molar-refractivity contribution in [1.82, 2.24) is 4.90 Å². The maximum Gasteiger partial charge on any atom is 0.173 e. The van der Waals surface area contributed by atoms with Crippen LogP contribution in [0.25, 0.3) is 0 Å². The van der Waals surface area contributed by atoms with Crippen LogP contribution >= 0.6 is 12.2 Å². The Morgan fingerprint density at radius 1 is 1.14 bits per heavy atom. The smallest absolute Gasteiger partial charge is 0.173 e. The molecule has 0 saturated heterocycles. The predicted molar refractivity (Wildman–Crippen MR) is 96.1 cm³/mol. The van der Waals surface area contributed by atoms with Crippen molar-refractivity contribution in [3.8, 4) is 0 Å². The molecule has 4 aliphatic rings. The van der Waals surface area contributed by atoms with Gasteiger partial charge in [-0.1, -0.05) is 12.1 Å². The van der Waals surface area contributed by atoms with Gasteiger partial charge in [0.2, 0.25) is 0 Å². The van der Waals surface area contributed by atoms with Gasteiger partial charge < -0.3 is 10.2 Å². The minimum Gasteiger partial charge on any atom is -0.346 e. The SMILES string of the molecule is Cc1cccc(NC(=S)N(C)C23CC4CC(CC(C4)C2)C3)c1. The maximum atomic E-state index is 5.75. The number of nitrogens with one attached hydrogen (secondary N) is 1. The molecule has 22 heavy (non-hydrogen) atoms. The van der Waals surface area contributed by atoms with E-state index in [0.717, 1.165) is 28.6 Å². The molecule has 118 valence electrons. The Morgan fingerprint density at radius 2 is 1.73 bits per heavy atom. The van der Waals surface area contributed by atoms with Crippen molar-refractivity contribution in [3.05, 3.63) is 29.8 Å². The number of rotatable bonds is 2. The topological polar surface area (TPSA) is 15.3 Å². The maximum absolute atomic E-state index is 5.75. The average Bonchev–Trinajstić information content (AvgIpc) is 2.45. The lowest BCUT2D eigenvalue weighted by molar-refractivity contribution is -0.0538. The van der Waals surface area contributed by atoms with Crippen LogP contribution in [0.15, 0.2) is 24.3 Å². The zero-order chi connectivity index (χ0) is 15.3. The fourth-order valence-electron chi connectivity index (χ4n) is 5.62. The molecule has 2 nitrogen and oxygen atoms in total. The third kappa shape index (κ3) is 2.44. The molecule has 3 heteroatoms. The molecule has 4 saturated carbocycles. The number of thiocarbonyl (C=S) groups is 1. The van der Waals surface area contributed by atoms with E-state index in [2.05, 4.69) is 48.5 Å². The van der Waals surface area contributed by atoms with Crippen LogP contribution in [-0.4, -0.2) is 22.6 Å². The summed E-state index contributed by atoms with van der Waals surface area (Å²) in [5, 5.41) is 4.36. The number of nitrogens with zero attached hydrogens (tertiary/aromatic N) is 1. The van der Waals surface area contributed by atoms with Crippen LogP contribution in [0.3, 0.4) is 0 Å². The van der Waals surface area contributed by atoms with E-state index < -0.39 is 0 Å². The van der Waals surface area contributed by atoms with E-state index in [1.807, 2.05) is 0 Å². The van der Waals surface area contributed by atoms with Gasteiger partial charge in [0, 0.05) is 18.3 Å².